The van der Waals surface area contributed by atoms with Crippen molar-refractivity contribution in [2.75, 3.05) is 0 Å². The van der Waals surface area contributed by atoms with Gasteiger partial charge in [-0.1, -0.05) is 36.6 Å². The van der Waals surface area contributed by atoms with E-state index in [-0.39, 0.29) is 0 Å². The van der Waals surface area contributed by atoms with Crippen molar-refractivity contribution in [2.45, 2.75) is 50.9 Å². The maximum atomic E-state index is 10.9. The molecule has 0 saturated heterocycles. The van der Waals surface area contributed by atoms with Crippen molar-refractivity contribution >= 4 is 6.29 Å². The van der Waals surface area contributed by atoms with Crippen LogP contribution in [0, 0.1) is 12.8 Å². The zero-order chi connectivity index (χ0) is 11.9. The smallest absolute Gasteiger partial charge is 0.120 e. The maximum absolute atomic E-state index is 10.9. The van der Waals surface area contributed by atoms with E-state index in [0.717, 1.165) is 19.1 Å². The number of aldehydes is 1. The highest BCUT2D eigenvalue weighted by atomic mass is 16.1. The molecule has 1 aromatic rings. The largest absolute Gasteiger partial charge is 0.303 e. The van der Waals surface area contributed by atoms with E-state index in [2.05, 4.69) is 25.1 Å². The summed E-state index contributed by atoms with van der Waals surface area (Å²) in [5.74, 6) is 0.569. The molecule has 0 aromatic heterocycles. The normalized spacial score (nSPS) is 25.1. The van der Waals surface area contributed by atoms with Crippen LogP contribution < -0.4 is 0 Å². The Balaban J connectivity index is 2.06. The highest BCUT2D eigenvalue weighted by Crippen LogP contribution is 2.54. The molecule has 0 heterocycles. The molecule has 1 fully saturated rings. The number of rotatable bonds is 2. The van der Waals surface area contributed by atoms with E-state index in [1.54, 1.807) is 5.56 Å². The van der Waals surface area contributed by atoms with Crippen LogP contribution in [0.3, 0.4) is 0 Å². The molecule has 0 amide bonds. The van der Waals surface area contributed by atoms with E-state index in [1.807, 2.05) is 0 Å². The van der Waals surface area contributed by atoms with E-state index < -0.39 is 0 Å². The molecule has 1 aromatic carbocycles. The van der Waals surface area contributed by atoms with Gasteiger partial charge in [0.25, 0.3) is 0 Å². The van der Waals surface area contributed by atoms with Crippen LogP contribution in [-0.4, -0.2) is 6.29 Å². The molecular formula is C16H20O. The average Bonchev–Trinajstić information content (AvgIpc) is 2.88. The molecule has 1 heteroatoms. The van der Waals surface area contributed by atoms with Crippen molar-refractivity contribution in [3.8, 4) is 0 Å². The van der Waals surface area contributed by atoms with Crippen molar-refractivity contribution in [1.82, 2.24) is 0 Å². The van der Waals surface area contributed by atoms with Gasteiger partial charge in [0.2, 0.25) is 0 Å². The third kappa shape index (κ3) is 1.55. The molecule has 1 atom stereocenters. The number of aryl methyl sites for hydroxylation is 1. The Morgan fingerprint density at radius 2 is 2.12 bits per heavy atom. The number of carbonyl (C=O) groups excluding carboxylic acids is 1. The zero-order valence-corrected chi connectivity index (χ0v) is 10.5. The van der Waals surface area contributed by atoms with Gasteiger partial charge in [-0.2, -0.15) is 0 Å². The molecule has 1 spiro atoms. The second-order valence-electron chi connectivity index (χ2n) is 5.83. The summed E-state index contributed by atoms with van der Waals surface area (Å²) in [6.45, 7) is 2.16. The summed E-state index contributed by atoms with van der Waals surface area (Å²) < 4.78 is 0. The summed E-state index contributed by atoms with van der Waals surface area (Å²) in [4.78, 5) is 10.9. The van der Waals surface area contributed by atoms with Crippen molar-refractivity contribution in [1.29, 1.82) is 0 Å². The second kappa shape index (κ2) is 3.97. The Morgan fingerprint density at radius 1 is 1.35 bits per heavy atom. The summed E-state index contributed by atoms with van der Waals surface area (Å²) in [5.41, 5.74) is 4.78. The SMILES string of the molecule is Cc1ccc2c(c1)CC(CC=O)C21CCCC1. The highest BCUT2D eigenvalue weighted by Gasteiger charge is 2.47. The molecule has 0 N–H and O–H groups in total. The molecule has 2 aliphatic rings. The molecule has 90 valence electrons. The summed E-state index contributed by atoms with van der Waals surface area (Å²) in [6.07, 6.45) is 8.25. The Morgan fingerprint density at radius 3 is 2.82 bits per heavy atom. The molecule has 1 unspecified atom stereocenters. The van der Waals surface area contributed by atoms with Gasteiger partial charge in [-0.25, -0.2) is 0 Å². The Labute approximate surface area is 103 Å². The number of benzene rings is 1. The van der Waals surface area contributed by atoms with E-state index in [1.165, 1.54) is 36.8 Å². The molecule has 0 radical (unpaired) electrons. The number of fused-ring (bicyclic) bond motifs is 2. The first-order chi connectivity index (χ1) is 8.26. The standard InChI is InChI=1S/C16H20O/c1-12-4-5-15-13(10-12)11-14(6-9-17)16(15)7-2-3-8-16/h4-5,9-10,14H,2-3,6-8,11H2,1H3. The van der Waals surface area contributed by atoms with Crippen molar-refractivity contribution in [2.24, 2.45) is 5.92 Å². The fourth-order valence-electron chi connectivity index (χ4n) is 4.17. The van der Waals surface area contributed by atoms with Gasteiger partial charge >= 0.3 is 0 Å². The Bertz CT molecular complexity index is 441. The predicted molar refractivity (Wildman–Crippen MR) is 69.2 cm³/mol. The number of hydrogen-bond acceptors (Lipinski definition) is 1. The van der Waals surface area contributed by atoms with Crippen LogP contribution in [0.2, 0.25) is 0 Å². The van der Waals surface area contributed by atoms with Crippen LogP contribution in [-0.2, 0) is 16.6 Å². The van der Waals surface area contributed by atoms with Crippen LogP contribution in [0.4, 0.5) is 0 Å². The fraction of sp³-hybridized carbons (Fsp3) is 0.562. The number of hydrogen-bond donors (Lipinski definition) is 0. The van der Waals surface area contributed by atoms with Gasteiger partial charge in [-0.15, -0.1) is 0 Å². The second-order valence-corrected chi connectivity index (χ2v) is 5.83. The molecule has 1 saturated carbocycles. The minimum Gasteiger partial charge on any atom is -0.303 e. The van der Waals surface area contributed by atoms with Crippen LogP contribution in [0.25, 0.3) is 0 Å². The quantitative estimate of drug-likeness (QED) is 0.707. The van der Waals surface area contributed by atoms with Crippen LogP contribution in [0.15, 0.2) is 18.2 Å². The third-order valence-electron chi connectivity index (χ3n) is 4.92. The Kier molecular flexibility index (Phi) is 2.57. The van der Waals surface area contributed by atoms with Gasteiger partial charge in [0, 0.05) is 6.42 Å². The molecule has 2 aliphatic carbocycles. The van der Waals surface area contributed by atoms with E-state index in [4.69, 9.17) is 0 Å². The lowest BCUT2D eigenvalue weighted by Gasteiger charge is -2.31. The lowest BCUT2D eigenvalue weighted by molar-refractivity contribution is -0.109. The summed E-state index contributed by atoms with van der Waals surface area (Å²) in [6, 6.07) is 6.91. The zero-order valence-electron chi connectivity index (χ0n) is 10.5. The Hall–Kier alpha value is -1.11. The molecule has 0 aliphatic heterocycles. The van der Waals surface area contributed by atoms with Gasteiger partial charge < -0.3 is 4.79 Å². The van der Waals surface area contributed by atoms with Gasteiger partial charge in [-0.3, -0.25) is 0 Å². The predicted octanol–water partition coefficient (Wildman–Crippen LogP) is 3.57. The molecule has 1 nitrogen and oxygen atoms in total. The lowest BCUT2D eigenvalue weighted by Crippen LogP contribution is -2.28. The van der Waals surface area contributed by atoms with E-state index in [0.29, 0.717) is 11.3 Å². The van der Waals surface area contributed by atoms with Gasteiger partial charge in [0.1, 0.15) is 6.29 Å². The monoisotopic (exact) mass is 228 g/mol. The first kappa shape index (κ1) is 11.0. The summed E-state index contributed by atoms with van der Waals surface area (Å²) in [7, 11) is 0. The van der Waals surface area contributed by atoms with Gasteiger partial charge in [0.05, 0.1) is 0 Å². The molecule has 3 rings (SSSR count). The fourth-order valence-corrected chi connectivity index (χ4v) is 4.17. The molecule has 0 bridgehead atoms. The van der Waals surface area contributed by atoms with Crippen molar-refractivity contribution in [3.63, 3.8) is 0 Å². The van der Waals surface area contributed by atoms with Gasteiger partial charge in [0.15, 0.2) is 0 Å². The summed E-state index contributed by atoms with van der Waals surface area (Å²) >= 11 is 0. The minimum absolute atomic E-state index is 0.351. The summed E-state index contributed by atoms with van der Waals surface area (Å²) in [5, 5.41) is 0. The van der Waals surface area contributed by atoms with Crippen LogP contribution >= 0.6 is 0 Å². The third-order valence-corrected chi connectivity index (χ3v) is 4.92. The maximum Gasteiger partial charge on any atom is 0.120 e. The van der Waals surface area contributed by atoms with E-state index >= 15 is 0 Å². The van der Waals surface area contributed by atoms with E-state index in [9.17, 15) is 4.79 Å². The van der Waals surface area contributed by atoms with Gasteiger partial charge in [-0.05, 0) is 48.6 Å². The number of carbonyl (C=O) groups is 1. The highest BCUT2D eigenvalue weighted by molar-refractivity contribution is 5.53. The van der Waals surface area contributed by atoms with Crippen molar-refractivity contribution in [3.05, 3.63) is 34.9 Å². The topological polar surface area (TPSA) is 17.1 Å². The molecule has 17 heavy (non-hydrogen) atoms. The van der Waals surface area contributed by atoms with Crippen molar-refractivity contribution < 1.29 is 4.79 Å². The first-order valence-electron chi connectivity index (χ1n) is 6.80. The van der Waals surface area contributed by atoms with Crippen LogP contribution in [0.1, 0.15) is 48.8 Å². The molecular weight excluding hydrogens is 208 g/mol. The van der Waals surface area contributed by atoms with Crippen LogP contribution in [0.5, 0.6) is 0 Å². The first-order valence-corrected chi connectivity index (χ1v) is 6.80. The minimum atomic E-state index is 0.351. The average molecular weight is 228 g/mol. The lowest BCUT2D eigenvalue weighted by atomic mass is 9.72.